The maximum atomic E-state index is 12.3. The van der Waals surface area contributed by atoms with Crippen molar-refractivity contribution in [3.8, 4) is 5.69 Å². The molecule has 0 bridgehead atoms. The summed E-state index contributed by atoms with van der Waals surface area (Å²) < 4.78 is 1.74. The molecule has 0 aliphatic carbocycles. The summed E-state index contributed by atoms with van der Waals surface area (Å²) in [5.74, 6) is -0.155. The molecule has 5 nitrogen and oxygen atoms in total. The molecule has 1 aromatic heterocycles. The van der Waals surface area contributed by atoms with Crippen molar-refractivity contribution in [2.75, 3.05) is 6.54 Å². The van der Waals surface area contributed by atoms with Crippen LogP contribution < -0.4 is 11.1 Å². The first-order valence-electron chi connectivity index (χ1n) is 6.90. The highest BCUT2D eigenvalue weighted by Crippen LogP contribution is 2.19. The molecule has 0 saturated heterocycles. The summed E-state index contributed by atoms with van der Waals surface area (Å²) in [6.07, 6.45) is 2.27. The van der Waals surface area contributed by atoms with E-state index in [0.29, 0.717) is 23.6 Å². The van der Waals surface area contributed by atoms with Crippen molar-refractivity contribution in [1.82, 2.24) is 15.1 Å². The number of nitrogens with zero attached hydrogens (tertiary/aromatic N) is 2. The van der Waals surface area contributed by atoms with E-state index in [0.717, 1.165) is 11.4 Å². The van der Waals surface area contributed by atoms with Crippen molar-refractivity contribution < 1.29 is 4.79 Å². The van der Waals surface area contributed by atoms with Gasteiger partial charge in [0.1, 0.15) is 0 Å². The number of rotatable bonds is 5. The zero-order valence-corrected chi connectivity index (χ0v) is 14.1. The van der Waals surface area contributed by atoms with Crippen LogP contribution in [0.1, 0.15) is 29.9 Å². The SMILES string of the molecule is CCc1c(C(=O)N[C@@H](C)CN)cnn1-c1cccc(Cl)c1.Cl. The van der Waals surface area contributed by atoms with Gasteiger partial charge in [0, 0.05) is 17.6 Å². The first-order chi connectivity index (χ1) is 10.1. The van der Waals surface area contributed by atoms with Gasteiger partial charge >= 0.3 is 0 Å². The van der Waals surface area contributed by atoms with Gasteiger partial charge in [-0.3, -0.25) is 4.79 Å². The molecule has 0 radical (unpaired) electrons. The maximum absolute atomic E-state index is 12.3. The second-order valence-electron chi connectivity index (χ2n) is 4.86. The summed E-state index contributed by atoms with van der Waals surface area (Å²) >= 11 is 6.01. The number of hydrogen-bond acceptors (Lipinski definition) is 3. The fourth-order valence-electron chi connectivity index (χ4n) is 2.09. The lowest BCUT2D eigenvalue weighted by Gasteiger charge is -2.12. The number of benzene rings is 1. The van der Waals surface area contributed by atoms with E-state index in [2.05, 4.69) is 10.4 Å². The fraction of sp³-hybridized carbons (Fsp3) is 0.333. The number of aromatic nitrogens is 2. The van der Waals surface area contributed by atoms with E-state index in [9.17, 15) is 4.79 Å². The van der Waals surface area contributed by atoms with Crippen LogP contribution in [0.2, 0.25) is 5.02 Å². The van der Waals surface area contributed by atoms with Crippen LogP contribution in [0.3, 0.4) is 0 Å². The standard InChI is InChI=1S/C15H19ClN4O.ClH/c1-3-14-13(15(21)19-10(2)8-17)9-18-20(14)12-6-4-5-11(16)7-12;/h4-7,9-10H,3,8,17H2,1-2H3,(H,19,21);1H/t10-;/m0./s1. The number of halogens is 2. The van der Waals surface area contributed by atoms with E-state index < -0.39 is 0 Å². The van der Waals surface area contributed by atoms with E-state index in [4.69, 9.17) is 17.3 Å². The van der Waals surface area contributed by atoms with Crippen molar-refractivity contribution in [2.24, 2.45) is 5.73 Å². The second kappa shape index (κ2) is 8.17. The molecule has 0 saturated carbocycles. The van der Waals surface area contributed by atoms with Gasteiger partial charge in [0.2, 0.25) is 0 Å². The molecule has 2 aromatic rings. The average molecular weight is 343 g/mol. The van der Waals surface area contributed by atoms with Gasteiger partial charge in [-0.15, -0.1) is 12.4 Å². The molecular weight excluding hydrogens is 323 g/mol. The average Bonchev–Trinajstić information content (AvgIpc) is 2.90. The number of nitrogens with two attached hydrogens (primary N) is 1. The summed E-state index contributed by atoms with van der Waals surface area (Å²) in [5, 5.41) is 7.80. The van der Waals surface area contributed by atoms with Crippen molar-refractivity contribution in [2.45, 2.75) is 26.3 Å². The van der Waals surface area contributed by atoms with Crippen LogP contribution in [-0.4, -0.2) is 28.3 Å². The fourth-order valence-corrected chi connectivity index (χ4v) is 2.28. The van der Waals surface area contributed by atoms with Gasteiger partial charge in [0.05, 0.1) is 23.1 Å². The largest absolute Gasteiger partial charge is 0.348 e. The van der Waals surface area contributed by atoms with Gasteiger partial charge in [-0.2, -0.15) is 5.10 Å². The summed E-state index contributed by atoms with van der Waals surface area (Å²) in [4.78, 5) is 12.3. The second-order valence-corrected chi connectivity index (χ2v) is 5.30. The number of amides is 1. The van der Waals surface area contributed by atoms with Crippen molar-refractivity contribution in [3.05, 3.63) is 46.7 Å². The van der Waals surface area contributed by atoms with E-state index in [1.165, 1.54) is 0 Å². The van der Waals surface area contributed by atoms with Crippen molar-refractivity contribution >= 4 is 29.9 Å². The van der Waals surface area contributed by atoms with Crippen molar-refractivity contribution in [1.29, 1.82) is 0 Å². The van der Waals surface area contributed by atoms with Crippen LogP contribution in [0.25, 0.3) is 5.69 Å². The molecule has 0 spiro atoms. The van der Waals surface area contributed by atoms with Crippen LogP contribution in [0, 0.1) is 0 Å². The molecule has 7 heteroatoms. The minimum absolute atomic E-state index is 0. The van der Waals surface area contributed by atoms with Crippen molar-refractivity contribution in [3.63, 3.8) is 0 Å². The van der Waals surface area contributed by atoms with Gasteiger partial charge < -0.3 is 11.1 Å². The van der Waals surface area contributed by atoms with Crippen LogP contribution >= 0.6 is 24.0 Å². The van der Waals surface area contributed by atoms with Crippen LogP contribution in [0.4, 0.5) is 0 Å². The van der Waals surface area contributed by atoms with Crippen LogP contribution in [0.15, 0.2) is 30.5 Å². The minimum atomic E-state index is -0.155. The van der Waals surface area contributed by atoms with Crippen LogP contribution in [0.5, 0.6) is 0 Å². The van der Waals surface area contributed by atoms with E-state index >= 15 is 0 Å². The number of nitrogens with one attached hydrogen (secondary N) is 1. The molecule has 0 unspecified atom stereocenters. The molecule has 1 amide bonds. The molecular formula is C15H20Cl2N4O. The molecule has 22 heavy (non-hydrogen) atoms. The van der Waals surface area contributed by atoms with Crippen LogP contribution in [-0.2, 0) is 6.42 Å². The molecule has 1 heterocycles. The predicted octanol–water partition coefficient (Wildman–Crippen LogP) is 2.59. The molecule has 2 rings (SSSR count). The molecule has 0 aliphatic heterocycles. The lowest BCUT2D eigenvalue weighted by Crippen LogP contribution is -2.38. The summed E-state index contributed by atoms with van der Waals surface area (Å²) in [7, 11) is 0. The molecule has 0 fully saturated rings. The lowest BCUT2D eigenvalue weighted by molar-refractivity contribution is 0.0940. The Bertz CT molecular complexity index is 642. The number of carbonyl (C=O) groups excluding carboxylic acids is 1. The Kier molecular flexibility index (Phi) is 6.87. The van der Waals surface area contributed by atoms with Gasteiger partial charge in [0.15, 0.2) is 0 Å². The Morgan fingerprint density at radius 1 is 1.50 bits per heavy atom. The third-order valence-electron chi connectivity index (χ3n) is 3.23. The third-order valence-corrected chi connectivity index (χ3v) is 3.47. The molecule has 3 N–H and O–H groups in total. The van der Waals surface area contributed by atoms with Gasteiger partial charge in [-0.05, 0) is 31.5 Å². The summed E-state index contributed by atoms with van der Waals surface area (Å²) in [5.41, 5.74) is 7.78. The monoisotopic (exact) mass is 342 g/mol. The lowest BCUT2D eigenvalue weighted by atomic mass is 10.1. The molecule has 1 aromatic carbocycles. The Labute approximate surface area is 141 Å². The smallest absolute Gasteiger partial charge is 0.255 e. The summed E-state index contributed by atoms with van der Waals surface area (Å²) in [6.45, 7) is 4.25. The van der Waals surface area contributed by atoms with Gasteiger partial charge in [-0.25, -0.2) is 4.68 Å². The highest BCUT2D eigenvalue weighted by atomic mass is 35.5. The molecule has 1 atom stereocenters. The Morgan fingerprint density at radius 3 is 2.82 bits per heavy atom. The Balaban J connectivity index is 0.00000242. The van der Waals surface area contributed by atoms with E-state index in [1.807, 2.05) is 32.0 Å². The molecule has 120 valence electrons. The first-order valence-corrected chi connectivity index (χ1v) is 7.28. The normalized spacial score (nSPS) is 11.6. The third kappa shape index (κ3) is 4.00. The Hall–Kier alpha value is -1.56. The number of carbonyl (C=O) groups is 1. The highest BCUT2D eigenvalue weighted by molar-refractivity contribution is 6.30. The van der Waals surface area contributed by atoms with Gasteiger partial charge in [0.25, 0.3) is 5.91 Å². The zero-order chi connectivity index (χ0) is 15.4. The quantitative estimate of drug-likeness (QED) is 0.876. The summed E-state index contributed by atoms with van der Waals surface area (Å²) in [6, 6.07) is 7.31. The highest BCUT2D eigenvalue weighted by Gasteiger charge is 2.18. The minimum Gasteiger partial charge on any atom is -0.348 e. The first kappa shape index (κ1) is 18.5. The van der Waals surface area contributed by atoms with Gasteiger partial charge in [-0.1, -0.05) is 24.6 Å². The van der Waals surface area contributed by atoms with E-state index in [1.54, 1.807) is 16.9 Å². The predicted molar refractivity (Wildman–Crippen MR) is 91.2 cm³/mol. The van der Waals surface area contributed by atoms with E-state index in [-0.39, 0.29) is 24.4 Å². The number of hydrogen-bond donors (Lipinski definition) is 2. The maximum Gasteiger partial charge on any atom is 0.255 e. The zero-order valence-electron chi connectivity index (χ0n) is 12.5. The topological polar surface area (TPSA) is 72.9 Å². The molecule has 0 aliphatic rings. The Morgan fingerprint density at radius 2 is 2.23 bits per heavy atom.